The molecule has 0 radical (unpaired) electrons. The number of halogens is 3. The number of aromatic nitrogens is 4. The zero-order valence-corrected chi connectivity index (χ0v) is 18.7. The second kappa shape index (κ2) is 9.03. The van der Waals surface area contributed by atoms with Crippen LogP contribution in [0.4, 0.5) is 30.2 Å². The van der Waals surface area contributed by atoms with Gasteiger partial charge in [-0.25, -0.2) is 0 Å². The fraction of sp³-hybridized carbons (Fsp3) is 0.240. The first kappa shape index (κ1) is 22.9. The van der Waals surface area contributed by atoms with Gasteiger partial charge in [-0.3, -0.25) is 0 Å². The lowest BCUT2D eigenvalue weighted by atomic mass is 10.0. The molecular formula is C25H23F3N6O. The SMILES string of the molecule is OC1(Cn2nnc(-c3ccccc3Nc3ccc(C(F)(F)F)cc3)n2)CCN(c2ccccc2)C1. The molecule has 2 N–H and O–H groups in total. The minimum absolute atomic E-state index is 0.192. The van der Waals surface area contributed by atoms with Gasteiger partial charge in [0.15, 0.2) is 0 Å². The van der Waals surface area contributed by atoms with E-state index in [0.717, 1.165) is 24.4 Å². The van der Waals surface area contributed by atoms with Crippen molar-refractivity contribution in [3.05, 3.63) is 84.4 Å². The molecule has 10 heteroatoms. The first-order valence-electron chi connectivity index (χ1n) is 11.1. The Balaban J connectivity index is 1.30. The standard InChI is InChI=1S/C25H23F3N6O/c26-25(27,28)18-10-12-19(13-11-18)29-22-9-5-4-8-21(22)23-30-32-34(31-23)17-24(35)14-15-33(16-24)20-6-2-1-3-7-20/h1-13,29,35H,14-17H2. The zero-order valence-electron chi connectivity index (χ0n) is 18.7. The topological polar surface area (TPSA) is 79.1 Å². The number of nitrogens with zero attached hydrogens (tertiary/aromatic N) is 5. The third-order valence-corrected chi connectivity index (χ3v) is 6.00. The molecule has 180 valence electrons. The summed E-state index contributed by atoms with van der Waals surface area (Å²) in [4.78, 5) is 3.51. The maximum Gasteiger partial charge on any atom is 0.416 e. The predicted octanol–water partition coefficient (Wildman–Crippen LogP) is 4.74. The highest BCUT2D eigenvalue weighted by molar-refractivity contribution is 5.77. The Labute approximate surface area is 199 Å². The highest BCUT2D eigenvalue weighted by Gasteiger charge is 2.37. The van der Waals surface area contributed by atoms with Crippen molar-refractivity contribution in [3.8, 4) is 11.4 Å². The van der Waals surface area contributed by atoms with Crippen LogP contribution in [0.15, 0.2) is 78.9 Å². The van der Waals surface area contributed by atoms with Gasteiger partial charge < -0.3 is 15.3 Å². The van der Waals surface area contributed by atoms with E-state index in [0.29, 0.717) is 35.7 Å². The Bertz CT molecular complexity index is 1290. The number of rotatable bonds is 6. The van der Waals surface area contributed by atoms with Crippen molar-refractivity contribution in [2.24, 2.45) is 0 Å². The second-order valence-electron chi connectivity index (χ2n) is 8.62. The first-order chi connectivity index (χ1) is 16.8. The monoisotopic (exact) mass is 480 g/mol. The van der Waals surface area contributed by atoms with Gasteiger partial charge in [0.25, 0.3) is 0 Å². The van der Waals surface area contributed by atoms with Gasteiger partial charge in [0.05, 0.1) is 12.1 Å². The quantitative estimate of drug-likeness (QED) is 0.415. The van der Waals surface area contributed by atoms with Gasteiger partial charge in [0, 0.05) is 35.7 Å². The average Bonchev–Trinajstić information content (AvgIpc) is 3.46. The molecule has 7 nitrogen and oxygen atoms in total. The second-order valence-corrected chi connectivity index (χ2v) is 8.62. The molecule has 1 fully saturated rings. The third-order valence-electron chi connectivity index (χ3n) is 6.00. The first-order valence-corrected chi connectivity index (χ1v) is 11.1. The lowest BCUT2D eigenvalue weighted by Crippen LogP contribution is -2.38. The molecule has 1 saturated heterocycles. The zero-order chi connectivity index (χ0) is 24.5. The van der Waals surface area contributed by atoms with Gasteiger partial charge in [-0.1, -0.05) is 30.3 Å². The summed E-state index contributed by atoms with van der Waals surface area (Å²) < 4.78 is 38.5. The smallest absolute Gasteiger partial charge is 0.386 e. The number of tetrazole rings is 1. The summed E-state index contributed by atoms with van der Waals surface area (Å²) in [6.45, 7) is 1.37. The molecule has 2 heterocycles. The number of aliphatic hydroxyl groups is 1. The summed E-state index contributed by atoms with van der Waals surface area (Å²) in [5, 5.41) is 27.0. The summed E-state index contributed by atoms with van der Waals surface area (Å²) in [6, 6.07) is 21.9. The molecule has 0 aliphatic carbocycles. The van der Waals surface area contributed by atoms with Gasteiger partial charge in [-0.2, -0.15) is 18.0 Å². The van der Waals surface area contributed by atoms with Crippen molar-refractivity contribution in [1.29, 1.82) is 0 Å². The maximum atomic E-state index is 12.8. The number of benzene rings is 3. The van der Waals surface area contributed by atoms with Crippen molar-refractivity contribution >= 4 is 17.1 Å². The molecule has 1 atom stereocenters. The molecule has 3 aromatic carbocycles. The lowest BCUT2D eigenvalue weighted by molar-refractivity contribution is -0.137. The molecule has 35 heavy (non-hydrogen) atoms. The molecule has 1 aliphatic rings. The van der Waals surface area contributed by atoms with Crippen molar-refractivity contribution in [2.75, 3.05) is 23.3 Å². The molecule has 0 bridgehead atoms. The van der Waals surface area contributed by atoms with Gasteiger partial charge >= 0.3 is 6.18 Å². The molecule has 4 aromatic rings. The Morgan fingerprint density at radius 2 is 1.66 bits per heavy atom. The van der Waals surface area contributed by atoms with Gasteiger partial charge in [-0.15, -0.1) is 10.2 Å². The van der Waals surface area contributed by atoms with Crippen LogP contribution in [0.3, 0.4) is 0 Å². The molecule has 1 aliphatic heterocycles. The van der Waals surface area contributed by atoms with E-state index in [1.54, 1.807) is 18.2 Å². The average molecular weight is 480 g/mol. The molecule has 1 unspecified atom stereocenters. The molecule has 5 rings (SSSR count). The number of para-hydroxylation sites is 2. The largest absolute Gasteiger partial charge is 0.416 e. The third kappa shape index (κ3) is 5.12. The Morgan fingerprint density at radius 1 is 0.943 bits per heavy atom. The van der Waals surface area contributed by atoms with Crippen molar-refractivity contribution in [2.45, 2.75) is 24.7 Å². The van der Waals surface area contributed by atoms with Crippen LogP contribution >= 0.6 is 0 Å². The number of hydrogen-bond acceptors (Lipinski definition) is 6. The van der Waals surface area contributed by atoms with Crippen LogP contribution < -0.4 is 10.2 Å². The van der Waals surface area contributed by atoms with Crippen LogP contribution in [-0.4, -0.2) is 44.0 Å². The van der Waals surface area contributed by atoms with Crippen LogP contribution in [0.2, 0.25) is 0 Å². The minimum atomic E-state index is -4.39. The van der Waals surface area contributed by atoms with E-state index in [1.807, 2.05) is 36.4 Å². The van der Waals surface area contributed by atoms with E-state index in [1.165, 1.54) is 16.9 Å². The predicted molar refractivity (Wildman–Crippen MR) is 126 cm³/mol. The van der Waals surface area contributed by atoms with Gasteiger partial charge in [-0.05, 0) is 60.2 Å². The Morgan fingerprint density at radius 3 is 2.40 bits per heavy atom. The van der Waals surface area contributed by atoms with E-state index < -0.39 is 17.3 Å². The lowest BCUT2D eigenvalue weighted by Gasteiger charge is -2.23. The van der Waals surface area contributed by atoms with Crippen LogP contribution in [0.5, 0.6) is 0 Å². The van der Waals surface area contributed by atoms with Gasteiger partial charge in [0.2, 0.25) is 5.82 Å². The van der Waals surface area contributed by atoms with Crippen LogP contribution in [-0.2, 0) is 12.7 Å². The summed E-state index contributed by atoms with van der Waals surface area (Å²) in [6.07, 6.45) is -3.81. The highest BCUT2D eigenvalue weighted by Crippen LogP contribution is 2.32. The molecular weight excluding hydrogens is 457 g/mol. The van der Waals surface area contributed by atoms with Crippen LogP contribution in [0.25, 0.3) is 11.4 Å². The summed E-state index contributed by atoms with van der Waals surface area (Å²) >= 11 is 0. The summed E-state index contributed by atoms with van der Waals surface area (Å²) in [7, 11) is 0. The normalized spacial score (nSPS) is 18.1. The van der Waals surface area contributed by atoms with Crippen molar-refractivity contribution < 1.29 is 18.3 Å². The molecule has 0 spiro atoms. The van der Waals surface area contributed by atoms with E-state index in [4.69, 9.17) is 0 Å². The minimum Gasteiger partial charge on any atom is -0.386 e. The number of alkyl halides is 3. The van der Waals surface area contributed by atoms with E-state index in [2.05, 4.69) is 25.6 Å². The number of β-amino-alcohol motifs (C(OH)–C–C–N with tert-alkyl or cyclic N) is 1. The summed E-state index contributed by atoms with van der Waals surface area (Å²) in [5.74, 6) is 0.349. The highest BCUT2D eigenvalue weighted by atomic mass is 19.4. The van der Waals surface area contributed by atoms with E-state index >= 15 is 0 Å². The van der Waals surface area contributed by atoms with Crippen molar-refractivity contribution in [1.82, 2.24) is 20.2 Å². The number of anilines is 3. The molecule has 1 aromatic heterocycles. The molecule has 0 saturated carbocycles. The maximum absolute atomic E-state index is 12.8. The van der Waals surface area contributed by atoms with Gasteiger partial charge in [0.1, 0.15) is 5.60 Å². The van der Waals surface area contributed by atoms with Crippen LogP contribution in [0.1, 0.15) is 12.0 Å². The van der Waals surface area contributed by atoms with Crippen molar-refractivity contribution in [3.63, 3.8) is 0 Å². The Kier molecular flexibility index (Phi) is 5.89. The van der Waals surface area contributed by atoms with E-state index in [9.17, 15) is 18.3 Å². The number of nitrogens with one attached hydrogen (secondary N) is 1. The fourth-order valence-electron chi connectivity index (χ4n) is 4.21. The number of hydrogen-bond donors (Lipinski definition) is 2. The Hall–Kier alpha value is -3.92. The van der Waals surface area contributed by atoms with Crippen LogP contribution in [0, 0.1) is 0 Å². The molecule has 0 amide bonds. The summed E-state index contributed by atoms with van der Waals surface area (Å²) in [5.41, 5.74) is 1.12. The fourth-order valence-corrected chi connectivity index (χ4v) is 4.21. The van der Waals surface area contributed by atoms with E-state index in [-0.39, 0.29) is 6.54 Å².